The fraction of sp³-hybridized carbons (Fsp3) is 0.500. The maximum absolute atomic E-state index is 11.8. The molecule has 2 aromatic rings. The number of rotatable bonds is 5. The van der Waals surface area contributed by atoms with Crippen molar-refractivity contribution in [2.75, 3.05) is 7.11 Å². The maximum Gasteiger partial charge on any atom is 0.318 e. The molecule has 2 aromatic heterocycles. The normalized spacial score (nSPS) is 15.7. The monoisotopic (exact) mass is 287 g/mol. The average molecular weight is 287 g/mol. The van der Waals surface area contributed by atoms with Gasteiger partial charge in [-0.3, -0.25) is 19.4 Å². The number of aromatic nitrogens is 5. The summed E-state index contributed by atoms with van der Waals surface area (Å²) in [5.41, 5.74) is 1.95. The first-order chi connectivity index (χ1) is 10.1. The van der Waals surface area contributed by atoms with Gasteiger partial charge in [0.05, 0.1) is 24.2 Å². The van der Waals surface area contributed by atoms with Gasteiger partial charge in [-0.15, -0.1) is 5.10 Å². The van der Waals surface area contributed by atoms with Gasteiger partial charge in [-0.25, -0.2) is 0 Å². The van der Waals surface area contributed by atoms with Crippen molar-refractivity contribution < 1.29 is 9.53 Å². The van der Waals surface area contributed by atoms with Gasteiger partial charge in [-0.1, -0.05) is 5.21 Å². The van der Waals surface area contributed by atoms with E-state index in [1.54, 1.807) is 17.1 Å². The largest absolute Gasteiger partial charge is 0.468 e. The van der Waals surface area contributed by atoms with Crippen molar-refractivity contribution >= 4 is 5.97 Å². The Labute approximate surface area is 122 Å². The fourth-order valence-electron chi connectivity index (χ4n) is 2.38. The number of hydrogen-bond donors (Lipinski definition) is 0. The van der Waals surface area contributed by atoms with Gasteiger partial charge in [-0.05, 0) is 19.8 Å². The molecule has 7 nitrogen and oxygen atoms in total. The summed E-state index contributed by atoms with van der Waals surface area (Å²) in [5, 5.41) is 8.21. The molecule has 0 unspecified atom stereocenters. The number of esters is 1. The highest BCUT2D eigenvalue weighted by Crippen LogP contribution is 2.48. The third-order valence-electron chi connectivity index (χ3n) is 3.76. The minimum absolute atomic E-state index is 0.223. The number of hydrogen-bond acceptors (Lipinski definition) is 6. The van der Waals surface area contributed by atoms with Crippen LogP contribution >= 0.6 is 0 Å². The molecule has 0 radical (unpaired) electrons. The summed E-state index contributed by atoms with van der Waals surface area (Å²) >= 11 is 0. The number of nitrogens with zero attached hydrogens (tertiary/aromatic N) is 5. The second kappa shape index (κ2) is 5.23. The van der Waals surface area contributed by atoms with Crippen molar-refractivity contribution in [3.05, 3.63) is 35.7 Å². The minimum atomic E-state index is -0.559. The Kier molecular flexibility index (Phi) is 3.40. The molecular weight excluding hydrogens is 270 g/mol. The van der Waals surface area contributed by atoms with Crippen LogP contribution in [0.2, 0.25) is 0 Å². The lowest BCUT2D eigenvalue weighted by atomic mass is 10.0. The number of carbonyl (C=O) groups is 1. The van der Waals surface area contributed by atoms with E-state index in [0.717, 1.165) is 30.7 Å². The summed E-state index contributed by atoms with van der Waals surface area (Å²) in [4.78, 5) is 20.3. The Balaban J connectivity index is 1.67. The van der Waals surface area contributed by atoms with Crippen molar-refractivity contribution in [2.45, 2.75) is 38.1 Å². The molecule has 7 heteroatoms. The van der Waals surface area contributed by atoms with Crippen LogP contribution in [0.3, 0.4) is 0 Å². The lowest BCUT2D eigenvalue weighted by molar-refractivity contribution is -0.143. The highest BCUT2D eigenvalue weighted by molar-refractivity contribution is 5.85. The van der Waals surface area contributed by atoms with E-state index in [1.165, 1.54) is 7.11 Å². The van der Waals surface area contributed by atoms with Crippen LogP contribution < -0.4 is 0 Å². The SMILES string of the molecule is COC(=O)C1(c2cn(CCc3cncc(C)n3)nn2)CC1. The quantitative estimate of drug-likeness (QED) is 0.757. The lowest BCUT2D eigenvalue weighted by Gasteiger charge is -2.07. The molecular formula is C14H17N5O2. The lowest BCUT2D eigenvalue weighted by Crippen LogP contribution is -2.22. The molecule has 0 amide bonds. The molecule has 1 saturated carbocycles. The predicted octanol–water partition coefficient (Wildman–Crippen LogP) is 0.824. The molecule has 0 atom stereocenters. The summed E-state index contributed by atoms with van der Waals surface area (Å²) in [7, 11) is 1.41. The van der Waals surface area contributed by atoms with Crippen LogP contribution in [-0.4, -0.2) is 38.0 Å². The zero-order chi connectivity index (χ0) is 14.9. The van der Waals surface area contributed by atoms with Gasteiger partial charge in [0.15, 0.2) is 0 Å². The molecule has 0 saturated heterocycles. The average Bonchev–Trinajstić information content (AvgIpc) is 3.16. The molecule has 0 N–H and O–H groups in total. The summed E-state index contributed by atoms with van der Waals surface area (Å²) in [6.45, 7) is 2.57. The molecule has 1 aliphatic carbocycles. The van der Waals surface area contributed by atoms with E-state index in [9.17, 15) is 4.79 Å². The first kappa shape index (κ1) is 13.7. The predicted molar refractivity (Wildman–Crippen MR) is 73.4 cm³/mol. The summed E-state index contributed by atoms with van der Waals surface area (Å²) < 4.78 is 6.59. The van der Waals surface area contributed by atoms with Crippen molar-refractivity contribution in [2.24, 2.45) is 0 Å². The van der Waals surface area contributed by atoms with Crippen LogP contribution in [0.1, 0.15) is 29.9 Å². The van der Waals surface area contributed by atoms with Crippen LogP contribution in [0.25, 0.3) is 0 Å². The Bertz CT molecular complexity index is 663. The second-order valence-corrected chi connectivity index (χ2v) is 5.34. The third-order valence-corrected chi connectivity index (χ3v) is 3.76. The van der Waals surface area contributed by atoms with E-state index in [-0.39, 0.29) is 5.97 Å². The highest BCUT2D eigenvalue weighted by atomic mass is 16.5. The zero-order valence-electron chi connectivity index (χ0n) is 12.1. The van der Waals surface area contributed by atoms with E-state index in [4.69, 9.17) is 4.74 Å². The molecule has 1 fully saturated rings. The van der Waals surface area contributed by atoms with Crippen molar-refractivity contribution in [1.82, 2.24) is 25.0 Å². The molecule has 0 aliphatic heterocycles. The Morgan fingerprint density at radius 2 is 2.24 bits per heavy atom. The van der Waals surface area contributed by atoms with Crippen LogP contribution in [0.4, 0.5) is 0 Å². The van der Waals surface area contributed by atoms with Crippen LogP contribution in [0, 0.1) is 6.92 Å². The van der Waals surface area contributed by atoms with Gasteiger partial charge in [0.2, 0.25) is 0 Å². The first-order valence-corrected chi connectivity index (χ1v) is 6.90. The third kappa shape index (κ3) is 2.63. The van der Waals surface area contributed by atoms with Gasteiger partial charge in [0.25, 0.3) is 0 Å². The number of carbonyl (C=O) groups excluding carboxylic acids is 1. The number of methoxy groups -OCH3 is 1. The van der Waals surface area contributed by atoms with Gasteiger partial charge in [0, 0.05) is 31.6 Å². The van der Waals surface area contributed by atoms with E-state index < -0.39 is 5.41 Å². The summed E-state index contributed by atoms with van der Waals surface area (Å²) in [5.74, 6) is -0.223. The molecule has 1 aliphatic rings. The van der Waals surface area contributed by atoms with Crippen molar-refractivity contribution in [3.8, 4) is 0 Å². The van der Waals surface area contributed by atoms with E-state index >= 15 is 0 Å². The number of aryl methyl sites for hydroxylation is 3. The zero-order valence-corrected chi connectivity index (χ0v) is 12.1. The van der Waals surface area contributed by atoms with Crippen LogP contribution in [0.5, 0.6) is 0 Å². The molecule has 0 spiro atoms. The fourth-order valence-corrected chi connectivity index (χ4v) is 2.38. The topological polar surface area (TPSA) is 82.8 Å². The van der Waals surface area contributed by atoms with Crippen molar-refractivity contribution in [3.63, 3.8) is 0 Å². The first-order valence-electron chi connectivity index (χ1n) is 6.90. The number of ether oxygens (including phenoxy) is 1. The molecule has 21 heavy (non-hydrogen) atoms. The van der Waals surface area contributed by atoms with Gasteiger partial charge in [-0.2, -0.15) is 0 Å². The standard InChI is InChI=1S/C14H17N5O2/c1-10-7-15-8-11(16-10)3-6-19-9-12(17-18-19)14(4-5-14)13(20)21-2/h7-9H,3-6H2,1-2H3. The molecule has 110 valence electrons. The molecule has 0 aromatic carbocycles. The summed E-state index contributed by atoms with van der Waals surface area (Å²) in [6, 6.07) is 0. The molecule has 0 bridgehead atoms. The molecule has 3 rings (SSSR count). The van der Waals surface area contributed by atoms with Gasteiger partial charge >= 0.3 is 5.97 Å². The Morgan fingerprint density at radius 3 is 2.90 bits per heavy atom. The van der Waals surface area contributed by atoms with Crippen LogP contribution in [-0.2, 0) is 27.9 Å². The van der Waals surface area contributed by atoms with E-state index in [1.807, 2.05) is 13.1 Å². The Morgan fingerprint density at radius 1 is 1.43 bits per heavy atom. The Hall–Kier alpha value is -2.31. The van der Waals surface area contributed by atoms with E-state index in [2.05, 4.69) is 20.3 Å². The van der Waals surface area contributed by atoms with E-state index in [0.29, 0.717) is 12.2 Å². The van der Waals surface area contributed by atoms with Gasteiger partial charge < -0.3 is 4.74 Å². The highest BCUT2D eigenvalue weighted by Gasteiger charge is 2.54. The summed E-state index contributed by atoms with van der Waals surface area (Å²) in [6.07, 6.45) is 7.59. The molecule has 2 heterocycles. The van der Waals surface area contributed by atoms with Crippen LogP contribution in [0.15, 0.2) is 18.6 Å². The minimum Gasteiger partial charge on any atom is -0.468 e. The smallest absolute Gasteiger partial charge is 0.318 e. The van der Waals surface area contributed by atoms with Crippen molar-refractivity contribution in [1.29, 1.82) is 0 Å². The van der Waals surface area contributed by atoms with Gasteiger partial charge in [0.1, 0.15) is 5.41 Å². The maximum atomic E-state index is 11.8. The second-order valence-electron chi connectivity index (χ2n) is 5.34.